The molecule has 2 aliphatic heterocycles. The molecule has 4 rings (SSSR count). The molecular formula is C21H28N4O3. The number of nitrogens with one attached hydrogen (secondary N) is 1. The zero-order valence-electron chi connectivity index (χ0n) is 16.6. The van der Waals surface area contributed by atoms with Crippen LogP contribution < -0.4 is 19.9 Å². The van der Waals surface area contributed by atoms with E-state index in [1.165, 1.54) is 5.56 Å². The van der Waals surface area contributed by atoms with Gasteiger partial charge in [0.25, 0.3) is 5.56 Å². The number of rotatable bonds is 6. The van der Waals surface area contributed by atoms with Crippen LogP contribution in [0.5, 0.6) is 11.5 Å². The maximum atomic E-state index is 12.0. The number of aromatic amines is 1. The predicted octanol–water partition coefficient (Wildman–Crippen LogP) is 2.41. The summed E-state index contributed by atoms with van der Waals surface area (Å²) in [6, 6.07) is 7.76. The second-order valence-electron chi connectivity index (χ2n) is 7.94. The van der Waals surface area contributed by atoms with Gasteiger partial charge in [0.15, 0.2) is 11.5 Å². The van der Waals surface area contributed by atoms with E-state index in [0.29, 0.717) is 18.7 Å². The van der Waals surface area contributed by atoms with Crippen molar-refractivity contribution in [2.75, 3.05) is 37.9 Å². The van der Waals surface area contributed by atoms with Gasteiger partial charge in [-0.15, -0.1) is 0 Å². The molecule has 0 bridgehead atoms. The minimum absolute atomic E-state index is 0.0634. The van der Waals surface area contributed by atoms with Crippen LogP contribution in [0.2, 0.25) is 0 Å². The first-order chi connectivity index (χ1) is 13.6. The number of H-pyrrole nitrogens is 1. The summed E-state index contributed by atoms with van der Waals surface area (Å²) in [4.78, 5) is 24.2. The Balaban J connectivity index is 1.35. The normalized spacial score (nSPS) is 16.8. The summed E-state index contributed by atoms with van der Waals surface area (Å²) in [7, 11) is 0. The van der Waals surface area contributed by atoms with Crippen molar-refractivity contribution in [1.29, 1.82) is 0 Å². The van der Waals surface area contributed by atoms with E-state index in [4.69, 9.17) is 14.5 Å². The zero-order chi connectivity index (χ0) is 19.5. The smallest absolute Gasteiger partial charge is 0.252 e. The number of fused-ring (bicyclic) bond motifs is 1. The first-order valence-corrected chi connectivity index (χ1v) is 10.0. The van der Waals surface area contributed by atoms with E-state index >= 15 is 0 Å². The lowest BCUT2D eigenvalue weighted by molar-refractivity contribution is 0.174. The summed E-state index contributed by atoms with van der Waals surface area (Å²) < 4.78 is 10.8. The fourth-order valence-electron chi connectivity index (χ4n) is 3.62. The van der Waals surface area contributed by atoms with Gasteiger partial charge in [0.1, 0.15) is 0 Å². The highest BCUT2D eigenvalue weighted by Gasteiger charge is 2.20. The van der Waals surface area contributed by atoms with E-state index < -0.39 is 0 Å². The second kappa shape index (κ2) is 8.22. The van der Waals surface area contributed by atoms with Crippen LogP contribution in [-0.4, -0.2) is 47.8 Å². The maximum Gasteiger partial charge on any atom is 0.252 e. The topological polar surface area (TPSA) is 70.7 Å². The van der Waals surface area contributed by atoms with Crippen molar-refractivity contribution in [2.45, 2.75) is 33.2 Å². The largest absolute Gasteiger partial charge is 0.454 e. The third-order valence-corrected chi connectivity index (χ3v) is 5.28. The summed E-state index contributed by atoms with van der Waals surface area (Å²) in [6.45, 7) is 9.10. The van der Waals surface area contributed by atoms with Crippen molar-refractivity contribution in [3.63, 3.8) is 0 Å². The first kappa shape index (κ1) is 18.8. The molecule has 0 atom stereocenters. The van der Waals surface area contributed by atoms with Crippen molar-refractivity contribution < 1.29 is 9.47 Å². The van der Waals surface area contributed by atoms with Gasteiger partial charge in [0.05, 0.1) is 0 Å². The molecule has 7 nitrogen and oxygen atoms in total. The average molecular weight is 384 g/mol. The summed E-state index contributed by atoms with van der Waals surface area (Å²) in [5.41, 5.74) is 2.04. The highest BCUT2D eigenvalue weighted by atomic mass is 16.7. The van der Waals surface area contributed by atoms with Gasteiger partial charge >= 0.3 is 0 Å². The molecule has 1 N–H and O–H groups in total. The standard InChI is InChI=1S/C21H28N4O3/c1-15(2)3-5-17-12-20(26)23-21(22-17)25-9-7-24(8-10-25)13-16-4-6-18-19(11-16)28-14-27-18/h4,6,11-12,15H,3,5,7-10,13-14H2,1-2H3,(H,22,23,26). The van der Waals surface area contributed by atoms with E-state index in [0.717, 1.165) is 62.8 Å². The number of piperazine rings is 1. The molecule has 0 aliphatic carbocycles. The molecule has 0 saturated carbocycles. The number of hydrogen-bond donors (Lipinski definition) is 1. The van der Waals surface area contributed by atoms with Crippen LogP contribution in [-0.2, 0) is 13.0 Å². The number of nitrogens with zero attached hydrogens (tertiary/aromatic N) is 3. The second-order valence-corrected chi connectivity index (χ2v) is 7.94. The molecule has 150 valence electrons. The van der Waals surface area contributed by atoms with Crippen molar-refractivity contribution in [3.05, 3.63) is 45.9 Å². The Morgan fingerprint density at radius 3 is 2.68 bits per heavy atom. The Bertz CT molecular complexity index is 872. The van der Waals surface area contributed by atoms with Crippen LogP contribution in [0.4, 0.5) is 5.95 Å². The van der Waals surface area contributed by atoms with Gasteiger partial charge in [-0.1, -0.05) is 19.9 Å². The zero-order valence-corrected chi connectivity index (χ0v) is 16.6. The van der Waals surface area contributed by atoms with Gasteiger partial charge in [-0.3, -0.25) is 14.7 Å². The quantitative estimate of drug-likeness (QED) is 0.825. The average Bonchev–Trinajstić information content (AvgIpc) is 3.14. The molecular weight excluding hydrogens is 356 g/mol. The van der Waals surface area contributed by atoms with Crippen molar-refractivity contribution in [3.8, 4) is 11.5 Å². The van der Waals surface area contributed by atoms with Crippen LogP contribution in [0.3, 0.4) is 0 Å². The molecule has 2 aliphatic rings. The highest BCUT2D eigenvalue weighted by molar-refractivity contribution is 5.44. The SMILES string of the molecule is CC(C)CCc1cc(=O)[nH]c(N2CCN(Cc3ccc4c(c3)OCO4)CC2)n1. The fraction of sp³-hybridized carbons (Fsp3) is 0.524. The number of aromatic nitrogens is 2. The van der Waals surface area contributed by atoms with Crippen LogP contribution in [0.25, 0.3) is 0 Å². The van der Waals surface area contributed by atoms with E-state index in [9.17, 15) is 4.79 Å². The molecule has 1 aromatic carbocycles. The Morgan fingerprint density at radius 1 is 1.11 bits per heavy atom. The van der Waals surface area contributed by atoms with Crippen molar-refractivity contribution >= 4 is 5.95 Å². The van der Waals surface area contributed by atoms with E-state index in [1.54, 1.807) is 6.07 Å². The number of aryl methyl sites for hydroxylation is 1. The van der Waals surface area contributed by atoms with Gasteiger partial charge in [0.2, 0.25) is 12.7 Å². The van der Waals surface area contributed by atoms with Crippen LogP contribution >= 0.6 is 0 Å². The molecule has 0 spiro atoms. The third-order valence-electron chi connectivity index (χ3n) is 5.28. The number of anilines is 1. The minimum Gasteiger partial charge on any atom is -0.454 e. The van der Waals surface area contributed by atoms with Gasteiger partial charge < -0.3 is 14.4 Å². The number of benzene rings is 1. The Labute approximate surface area is 165 Å². The monoisotopic (exact) mass is 384 g/mol. The van der Waals surface area contributed by atoms with Crippen LogP contribution in [0, 0.1) is 5.92 Å². The number of ether oxygens (including phenoxy) is 2. The molecule has 3 heterocycles. The molecule has 2 aromatic rings. The molecule has 0 amide bonds. The van der Waals surface area contributed by atoms with Gasteiger partial charge in [0, 0.05) is 44.5 Å². The van der Waals surface area contributed by atoms with E-state index in [1.807, 2.05) is 6.07 Å². The Kier molecular flexibility index (Phi) is 5.52. The summed E-state index contributed by atoms with van der Waals surface area (Å²) >= 11 is 0. The van der Waals surface area contributed by atoms with Crippen LogP contribution in [0.15, 0.2) is 29.1 Å². The maximum absolute atomic E-state index is 12.0. The molecule has 28 heavy (non-hydrogen) atoms. The Morgan fingerprint density at radius 2 is 1.89 bits per heavy atom. The molecule has 0 unspecified atom stereocenters. The lowest BCUT2D eigenvalue weighted by atomic mass is 10.1. The lowest BCUT2D eigenvalue weighted by Crippen LogP contribution is -2.47. The lowest BCUT2D eigenvalue weighted by Gasteiger charge is -2.35. The van der Waals surface area contributed by atoms with Crippen molar-refractivity contribution in [1.82, 2.24) is 14.9 Å². The van der Waals surface area contributed by atoms with Gasteiger partial charge in [-0.25, -0.2) is 4.98 Å². The predicted molar refractivity (Wildman–Crippen MR) is 108 cm³/mol. The molecule has 1 aromatic heterocycles. The third kappa shape index (κ3) is 4.47. The molecule has 1 saturated heterocycles. The summed E-state index contributed by atoms with van der Waals surface area (Å²) in [5.74, 6) is 2.95. The minimum atomic E-state index is -0.0634. The fourth-order valence-corrected chi connectivity index (χ4v) is 3.62. The first-order valence-electron chi connectivity index (χ1n) is 10.0. The van der Waals surface area contributed by atoms with Crippen molar-refractivity contribution in [2.24, 2.45) is 5.92 Å². The summed E-state index contributed by atoms with van der Waals surface area (Å²) in [6.07, 6.45) is 1.89. The number of hydrogen-bond acceptors (Lipinski definition) is 6. The van der Waals surface area contributed by atoms with Crippen LogP contribution in [0.1, 0.15) is 31.5 Å². The van der Waals surface area contributed by atoms with E-state index in [-0.39, 0.29) is 5.56 Å². The summed E-state index contributed by atoms with van der Waals surface area (Å²) in [5, 5.41) is 0. The van der Waals surface area contributed by atoms with Gasteiger partial charge in [-0.05, 0) is 36.5 Å². The Hall–Kier alpha value is -2.54. The molecule has 1 fully saturated rings. The molecule has 7 heteroatoms. The van der Waals surface area contributed by atoms with E-state index in [2.05, 4.69) is 40.8 Å². The van der Waals surface area contributed by atoms with Gasteiger partial charge in [-0.2, -0.15) is 0 Å². The highest BCUT2D eigenvalue weighted by Crippen LogP contribution is 2.32. The molecule has 0 radical (unpaired) electrons.